The Morgan fingerprint density at radius 2 is 1.95 bits per heavy atom. The lowest BCUT2D eigenvalue weighted by Crippen LogP contribution is -2.43. The van der Waals surface area contributed by atoms with Crippen molar-refractivity contribution in [2.24, 2.45) is 5.41 Å². The van der Waals surface area contributed by atoms with Crippen molar-refractivity contribution in [2.75, 3.05) is 25.6 Å². The highest BCUT2D eigenvalue weighted by atomic mass is 35.5. The number of halogens is 4. The van der Waals surface area contributed by atoms with Crippen LogP contribution in [0.15, 0.2) is 42.9 Å². The molecule has 13 heteroatoms. The minimum atomic E-state index is -3.28. The van der Waals surface area contributed by atoms with E-state index in [1.165, 1.54) is 37.8 Å². The highest BCUT2D eigenvalue weighted by Crippen LogP contribution is 2.37. The number of alkyl halides is 2. The third kappa shape index (κ3) is 6.45. The Morgan fingerprint density at radius 3 is 2.56 bits per heavy atom. The largest absolute Gasteiger partial charge is 0.467 e. The van der Waals surface area contributed by atoms with E-state index in [0.29, 0.717) is 20.0 Å². The molecule has 0 bridgehead atoms. The molecule has 1 aliphatic heterocycles. The number of ether oxygens (including phenoxy) is 2. The van der Waals surface area contributed by atoms with E-state index in [9.17, 15) is 22.8 Å². The van der Waals surface area contributed by atoms with E-state index >= 15 is 0 Å². The Kier molecular flexibility index (Phi) is 8.36. The number of amides is 1. The first-order valence-electron chi connectivity index (χ1n) is 11.9. The first kappa shape index (κ1) is 28.2. The molecule has 0 unspecified atom stereocenters. The van der Waals surface area contributed by atoms with Crippen LogP contribution in [0.4, 0.5) is 24.5 Å². The Balaban J connectivity index is 1.44. The van der Waals surface area contributed by atoms with Crippen LogP contribution < -0.4 is 15.4 Å². The molecule has 1 saturated heterocycles. The first-order valence-corrected chi connectivity index (χ1v) is 12.2. The van der Waals surface area contributed by atoms with Gasteiger partial charge in [-0.1, -0.05) is 23.7 Å². The van der Waals surface area contributed by atoms with E-state index in [0.717, 1.165) is 12.1 Å². The maximum Gasteiger partial charge on any atom is 0.316 e. The smallest absolute Gasteiger partial charge is 0.316 e. The lowest BCUT2D eigenvalue weighted by Gasteiger charge is -2.25. The third-order valence-electron chi connectivity index (χ3n) is 6.31. The summed E-state index contributed by atoms with van der Waals surface area (Å²) in [6.45, 7) is 0.967. The number of ketones is 1. The topological polar surface area (TPSA) is 115 Å². The molecule has 0 spiro atoms. The maximum absolute atomic E-state index is 14.3. The number of benzene rings is 1. The monoisotopic (exact) mass is 563 g/mol. The highest BCUT2D eigenvalue weighted by molar-refractivity contribution is 6.31. The van der Waals surface area contributed by atoms with Crippen LogP contribution in [0.2, 0.25) is 5.02 Å². The summed E-state index contributed by atoms with van der Waals surface area (Å²) in [5, 5.41) is 5.49. The molecule has 9 nitrogen and oxygen atoms in total. The van der Waals surface area contributed by atoms with Gasteiger partial charge < -0.3 is 20.1 Å². The number of aromatic nitrogens is 3. The molecule has 2 aromatic heterocycles. The number of nitrogens with one attached hydrogen (secondary N) is 2. The maximum atomic E-state index is 14.3. The summed E-state index contributed by atoms with van der Waals surface area (Å²) in [5.74, 6) is -4.88. The van der Waals surface area contributed by atoms with Crippen molar-refractivity contribution < 1.29 is 32.2 Å². The molecule has 1 atom stereocenters. The Labute approximate surface area is 227 Å². The van der Waals surface area contributed by atoms with Gasteiger partial charge in [0.25, 0.3) is 5.92 Å². The van der Waals surface area contributed by atoms with E-state index in [1.807, 2.05) is 0 Å². The second-order valence-electron chi connectivity index (χ2n) is 9.15. The molecule has 3 aromatic rings. The molecule has 1 fully saturated rings. The van der Waals surface area contributed by atoms with Crippen LogP contribution in [-0.4, -0.2) is 47.0 Å². The number of carbonyl (C=O) groups excluding carboxylic acids is 2. The Hall–Kier alpha value is -3.77. The first-order chi connectivity index (χ1) is 18.5. The van der Waals surface area contributed by atoms with Gasteiger partial charge in [-0.3, -0.25) is 14.6 Å². The average Bonchev–Trinajstić information content (AvgIpc) is 3.38. The summed E-state index contributed by atoms with van der Waals surface area (Å²) in [5.41, 5.74) is -1.31. The summed E-state index contributed by atoms with van der Waals surface area (Å²) in [6.07, 6.45) is 4.17. The van der Waals surface area contributed by atoms with Gasteiger partial charge in [-0.2, -0.15) is 0 Å². The molecule has 3 heterocycles. The van der Waals surface area contributed by atoms with Crippen LogP contribution in [0.5, 0.6) is 6.01 Å². The van der Waals surface area contributed by atoms with E-state index < -0.39 is 28.6 Å². The molecule has 39 heavy (non-hydrogen) atoms. The summed E-state index contributed by atoms with van der Waals surface area (Å²) < 4.78 is 52.6. The number of hydrogen-bond acceptors (Lipinski definition) is 8. The normalized spacial score (nSPS) is 17.1. The molecule has 2 N–H and O–H groups in total. The molecule has 1 amide bonds. The summed E-state index contributed by atoms with van der Waals surface area (Å²) >= 11 is 6.33. The van der Waals surface area contributed by atoms with Gasteiger partial charge in [0.15, 0.2) is 5.78 Å². The number of para-hydroxylation sites is 1. The number of nitrogens with zero attached hydrogens (tertiary/aromatic N) is 3. The number of pyridine rings is 1. The molecule has 0 aliphatic carbocycles. The van der Waals surface area contributed by atoms with Crippen molar-refractivity contribution in [3.63, 3.8) is 0 Å². The van der Waals surface area contributed by atoms with Crippen LogP contribution in [0.25, 0.3) is 0 Å². The fourth-order valence-corrected chi connectivity index (χ4v) is 4.39. The zero-order valence-electron chi connectivity index (χ0n) is 21.1. The number of methoxy groups -OCH3 is 1. The fraction of sp³-hybridized carbons (Fsp3) is 0.346. The standard InChI is InChI=1S/C26H25ClF3N5O4/c1-25(29,30)17-4-3-5-19(28)22(17)35-16-8-18(27)20(31-12-16)13-32-23(37)26(6-7-39-14-26)9-21(36)15-10-33-24(38-2)34-11-15/h3-5,8,10-12,35H,6-7,9,13-14H2,1-2H3,(H,32,37)/t26-/m0/s1. The minimum absolute atomic E-state index is 0.0542. The highest BCUT2D eigenvalue weighted by Gasteiger charge is 2.44. The van der Waals surface area contributed by atoms with Crippen molar-refractivity contribution >= 4 is 34.7 Å². The zero-order valence-corrected chi connectivity index (χ0v) is 21.8. The number of anilines is 2. The van der Waals surface area contributed by atoms with Crippen molar-refractivity contribution in [1.29, 1.82) is 0 Å². The minimum Gasteiger partial charge on any atom is -0.467 e. The quantitative estimate of drug-likeness (QED) is 0.337. The molecular weight excluding hydrogens is 539 g/mol. The lowest BCUT2D eigenvalue weighted by molar-refractivity contribution is -0.131. The van der Waals surface area contributed by atoms with Gasteiger partial charge in [0.1, 0.15) is 5.82 Å². The van der Waals surface area contributed by atoms with Crippen molar-refractivity contribution in [3.05, 3.63) is 70.5 Å². The van der Waals surface area contributed by atoms with Gasteiger partial charge in [-0.25, -0.2) is 23.1 Å². The summed E-state index contributed by atoms with van der Waals surface area (Å²) in [6, 6.07) is 4.89. The Morgan fingerprint density at radius 1 is 1.21 bits per heavy atom. The third-order valence-corrected chi connectivity index (χ3v) is 6.63. The molecule has 4 rings (SSSR count). The van der Waals surface area contributed by atoms with Gasteiger partial charge in [0.05, 0.1) is 59.5 Å². The lowest BCUT2D eigenvalue weighted by atomic mass is 9.80. The average molecular weight is 564 g/mol. The van der Waals surface area contributed by atoms with E-state index in [4.69, 9.17) is 21.1 Å². The van der Waals surface area contributed by atoms with Crippen molar-refractivity contribution in [3.8, 4) is 6.01 Å². The molecule has 1 aromatic carbocycles. The van der Waals surface area contributed by atoms with Gasteiger partial charge in [-0.15, -0.1) is 0 Å². The van der Waals surface area contributed by atoms with Crippen LogP contribution in [0.1, 0.15) is 41.4 Å². The van der Waals surface area contributed by atoms with E-state index in [1.54, 1.807) is 0 Å². The Bertz CT molecular complexity index is 1360. The van der Waals surface area contributed by atoms with Crippen LogP contribution in [0.3, 0.4) is 0 Å². The van der Waals surface area contributed by atoms with E-state index in [2.05, 4.69) is 25.6 Å². The summed E-state index contributed by atoms with van der Waals surface area (Å²) in [7, 11) is 1.41. The second kappa shape index (κ2) is 11.5. The molecule has 0 radical (unpaired) electrons. The zero-order chi connectivity index (χ0) is 28.2. The van der Waals surface area contributed by atoms with Crippen molar-refractivity contribution in [2.45, 2.75) is 32.2 Å². The van der Waals surface area contributed by atoms with Crippen LogP contribution >= 0.6 is 11.6 Å². The molecule has 0 saturated carbocycles. The van der Waals surface area contributed by atoms with Gasteiger partial charge >= 0.3 is 6.01 Å². The predicted molar refractivity (Wildman–Crippen MR) is 136 cm³/mol. The predicted octanol–water partition coefficient (Wildman–Crippen LogP) is 4.82. The molecular formula is C26H25ClF3N5O4. The van der Waals surface area contributed by atoms with Crippen molar-refractivity contribution in [1.82, 2.24) is 20.3 Å². The molecule has 206 valence electrons. The second-order valence-corrected chi connectivity index (χ2v) is 9.56. The number of rotatable bonds is 10. The SMILES string of the molecule is COc1ncc(C(=O)C[C@@]2(C(=O)NCc3ncc(Nc4c(F)cccc4C(C)(F)F)cc3Cl)CCOC2)cn1. The van der Waals surface area contributed by atoms with Crippen LogP contribution in [-0.2, 0) is 22.0 Å². The molecule has 1 aliphatic rings. The number of Topliss-reactive ketones (excluding diaryl/α,β-unsaturated/α-hetero) is 1. The van der Waals surface area contributed by atoms with E-state index in [-0.39, 0.29) is 59.0 Å². The van der Waals surface area contributed by atoms with Gasteiger partial charge in [0, 0.05) is 37.9 Å². The van der Waals surface area contributed by atoms with Crippen LogP contribution in [0, 0.1) is 11.2 Å². The van der Waals surface area contributed by atoms with Gasteiger partial charge in [0.2, 0.25) is 5.91 Å². The fourth-order valence-electron chi connectivity index (χ4n) is 4.16. The van der Waals surface area contributed by atoms with Gasteiger partial charge in [-0.05, 0) is 18.6 Å². The number of carbonyl (C=O) groups is 2. The summed E-state index contributed by atoms with van der Waals surface area (Å²) in [4.78, 5) is 38.1. The number of hydrogen-bond donors (Lipinski definition) is 2.